The molecule has 0 aliphatic heterocycles. The molecule has 3 heteroatoms. The molecule has 72 valence electrons. The van der Waals surface area contributed by atoms with Crippen LogP contribution in [0.25, 0.3) is 0 Å². The summed E-state index contributed by atoms with van der Waals surface area (Å²) in [7, 11) is 0. The third kappa shape index (κ3) is 1.76. The van der Waals surface area contributed by atoms with E-state index in [2.05, 4.69) is 18.8 Å². The van der Waals surface area contributed by atoms with Crippen molar-refractivity contribution in [1.29, 1.82) is 0 Å². The fraction of sp³-hybridized carbons (Fsp3) is 0.700. The van der Waals surface area contributed by atoms with Crippen LogP contribution in [-0.2, 0) is 19.4 Å². The van der Waals surface area contributed by atoms with Crippen molar-refractivity contribution in [3.8, 4) is 0 Å². The summed E-state index contributed by atoms with van der Waals surface area (Å²) >= 11 is 1.80. The van der Waals surface area contributed by atoms with Gasteiger partial charge >= 0.3 is 0 Å². The number of fused-ring (bicyclic) bond motifs is 1. The van der Waals surface area contributed by atoms with Gasteiger partial charge in [-0.2, -0.15) is 0 Å². The first-order valence-corrected chi connectivity index (χ1v) is 5.60. The number of hydrogen-bond donors (Lipinski definition) is 1. The maximum Gasteiger partial charge on any atom is 0.107 e. The number of nitrogens with two attached hydrogens (primary N) is 1. The molecule has 1 aliphatic rings. The van der Waals surface area contributed by atoms with Gasteiger partial charge in [0.25, 0.3) is 0 Å². The van der Waals surface area contributed by atoms with Gasteiger partial charge in [-0.05, 0) is 24.7 Å². The first-order chi connectivity index (χ1) is 6.11. The third-order valence-electron chi connectivity index (χ3n) is 2.67. The molecule has 1 aromatic rings. The van der Waals surface area contributed by atoms with Crippen molar-refractivity contribution in [1.82, 2.24) is 4.98 Å². The Labute approximate surface area is 83.2 Å². The quantitative estimate of drug-likeness (QED) is 0.747. The molecule has 0 saturated carbocycles. The molecule has 1 aromatic heterocycles. The highest BCUT2D eigenvalue weighted by Gasteiger charge is 2.27. The first-order valence-electron chi connectivity index (χ1n) is 4.78. The lowest BCUT2D eigenvalue weighted by atomic mass is 9.79. The van der Waals surface area contributed by atoms with E-state index in [1.807, 2.05) is 0 Å². The molecule has 2 rings (SSSR count). The van der Waals surface area contributed by atoms with Gasteiger partial charge in [-0.3, -0.25) is 0 Å². The minimum absolute atomic E-state index is 0.464. The normalized spacial score (nSPS) is 19.9. The van der Waals surface area contributed by atoms with Gasteiger partial charge in [-0.15, -0.1) is 11.3 Å². The Morgan fingerprint density at radius 2 is 2.31 bits per heavy atom. The smallest absolute Gasteiger partial charge is 0.107 e. The van der Waals surface area contributed by atoms with E-state index in [1.54, 1.807) is 11.3 Å². The van der Waals surface area contributed by atoms with Crippen LogP contribution in [0.4, 0.5) is 0 Å². The number of thiazole rings is 1. The van der Waals surface area contributed by atoms with Gasteiger partial charge in [0.1, 0.15) is 5.01 Å². The van der Waals surface area contributed by atoms with Crippen molar-refractivity contribution in [3.63, 3.8) is 0 Å². The lowest BCUT2D eigenvalue weighted by Gasteiger charge is -2.28. The Bertz CT molecular complexity index is 315. The highest BCUT2D eigenvalue weighted by Crippen LogP contribution is 2.37. The fourth-order valence-corrected chi connectivity index (χ4v) is 3.09. The van der Waals surface area contributed by atoms with Crippen LogP contribution in [0, 0.1) is 5.41 Å². The summed E-state index contributed by atoms with van der Waals surface area (Å²) in [4.78, 5) is 6.00. The predicted octanol–water partition coefficient (Wildman–Crippen LogP) is 2.12. The highest BCUT2D eigenvalue weighted by atomic mass is 32.1. The van der Waals surface area contributed by atoms with Crippen LogP contribution in [0.3, 0.4) is 0 Å². The molecular formula is C10H16N2S. The average molecular weight is 196 g/mol. The van der Waals surface area contributed by atoms with Crippen molar-refractivity contribution in [2.45, 2.75) is 39.7 Å². The van der Waals surface area contributed by atoms with Crippen LogP contribution < -0.4 is 5.73 Å². The maximum absolute atomic E-state index is 5.58. The van der Waals surface area contributed by atoms with Crippen LogP contribution in [0.15, 0.2) is 0 Å². The molecule has 0 fully saturated rings. The molecule has 0 amide bonds. The molecule has 2 N–H and O–H groups in total. The minimum atomic E-state index is 0.464. The second-order valence-electron chi connectivity index (χ2n) is 4.52. The Balaban J connectivity index is 2.30. The van der Waals surface area contributed by atoms with E-state index in [-0.39, 0.29) is 0 Å². The van der Waals surface area contributed by atoms with E-state index in [4.69, 9.17) is 5.73 Å². The standard InChI is InChI=1S/C10H16N2S/c1-10(2)4-3-7-8(5-10)13-9(6-11)12-7/h3-6,11H2,1-2H3. The maximum atomic E-state index is 5.58. The number of nitrogens with zero attached hydrogens (tertiary/aromatic N) is 1. The topological polar surface area (TPSA) is 38.9 Å². The van der Waals surface area contributed by atoms with Gasteiger partial charge in [-0.1, -0.05) is 13.8 Å². The SMILES string of the molecule is CC1(C)CCc2nc(CN)sc2C1. The molecule has 0 saturated heterocycles. The van der Waals surface area contributed by atoms with Crippen molar-refractivity contribution < 1.29 is 0 Å². The first kappa shape index (κ1) is 9.16. The zero-order valence-corrected chi connectivity index (χ0v) is 9.08. The Morgan fingerprint density at radius 3 is 3.00 bits per heavy atom. The van der Waals surface area contributed by atoms with Crippen LogP contribution in [-0.4, -0.2) is 4.98 Å². The minimum Gasteiger partial charge on any atom is -0.325 e. The van der Waals surface area contributed by atoms with Crippen molar-refractivity contribution in [2.75, 3.05) is 0 Å². The molecule has 0 unspecified atom stereocenters. The van der Waals surface area contributed by atoms with Crippen LogP contribution in [0.2, 0.25) is 0 Å². The number of hydrogen-bond acceptors (Lipinski definition) is 3. The van der Waals surface area contributed by atoms with Crippen LogP contribution >= 0.6 is 11.3 Å². The van der Waals surface area contributed by atoms with E-state index in [9.17, 15) is 0 Å². The molecule has 13 heavy (non-hydrogen) atoms. The van der Waals surface area contributed by atoms with Crippen molar-refractivity contribution in [3.05, 3.63) is 15.6 Å². The van der Waals surface area contributed by atoms with E-state index in [1.165, 1.54) is 23.4 Å². The summed E-state index contributed by atoms with van der Waals surface area (Å²) in [6.07, 6.45) is 3.58. The van der Waals surface area contributed by atoms with Crippen LogP contribution in [0.5, 0.6) is 0 Å². The Morgan fingerprint density at radius 1 is 1.54 bits per heavy atom. The molecule has 1 heterocycles. The lowest BCUT2D eigenvalue weighted by molar-refractivity contribution is 0.316. The predicted molar refractivity (Wildman–Crippen MR) is 55.8 cm³/mol. The van der Waals surface area contributed by atoms with Crippen molar-refractivity contribution >= 4 is 11.3 Å². The Kier molecular flexibility index (Phi) is 2.16. The summed E-state index contributed by atoms with van der Waals surface area (Å²) < 4.78 is 0. The summed E-state index contributed by atoms with van der Waals surface area (Å²) in [5, 5.41) is 1.10. The number of rotatable bonds is 1. The van der Waals surface area contributed by atoms with E-state index < -0.39 is 0 Å². The highest BCUT2D eigenvalue weighted by molar-refractivity contribution is 7.11. The monoisotopic (exact) mass is 196 g/mol. The van der Waals surface area contributed by atoms with Gasteiger partial charge in [0, 0.05) is 11.4 Å². The third-order valence-corrected chi connectivity index (χ3v) is 3.79. The van der Waals surface area contributed by atoms with E-state index in [0.29, 0.717) is 12.0 Å². The number of aryl methyl sites for hydroxylation is 1. The zero-order valence-electron chi connectivity index (χ0n) is 8.26. The molecule has 2 nitrogen and oxygen atoms in total. The van der Waals surface area contributed by atoms with Gasteiger partial charge < -0.3 is 5.73 Å². The Hall–Kier alpha value is -0.410. The van der Waals surface area contributed by atoms with E-state index >= 15 is 0 Å². The molecule has 0 spiro atoms. The molecular weight excluding hydrogens is 180 g/mol. The van der Waals surface area contributed by atoms with Gasteiger partial charge in [0.15, 0.2) is 0 Å². The zero-order chi connectivity index (χ0) is 9.47. The fourth-order valence-electron chi connectivity index (χ4n) is 1.84. The molecule has 0 radical (unpaired) electrons. The summed E-state index contributed by atoms with van der Waals surface area (Å²) in [5.74, 6) is 0. The van der Waals surface area contributed by atoms with Gasteiger partial charge in [-0.25, -0.2) is 4.98 Å². The summed E-state index contributed by atoms with van der Waals surface area (Å²) in [5.41, 5.74) is 7.35. The summed E-state index contributed by atoms with van der Waals surface area (Å²) in [6.45, 7) is 5.26. The molecule has 0 atom stereocenters. The molecule has 0 bridgehead atoms. The lowest BCUT2D eigenvalue weighted by Crippen LogP contribution is -2.20. The van der Waals surface area contributed by atoms with Gasteiger partial charge in [0.05, 0.1) is 5.69 Å². The molecule has 1 aliphatic carbocycles. The average Bonchev–Trinajstić information content (AvgIpc) is 2.44. The number of aromatic nitrogens is 1. The largest absolute Gasteiger partial charge is 0.325 e. The van der Waals surface area contributed by atoms with E-state index in [0.717, 1.165) is 11.4 Å². The van der Waals surface area contributed by atoms with Crippen molar-refractivity contribution in [2.24, 2.45) is 11.1 Å². The second-order valence-corrected chi connectivity index (χ2v) is 5.69. The molecule has 0 aromatic carbocycles. The van der Waals surface area contributed by atoms with Crippen LogP contribution in [0.1, 0.15) is 35.8 Å². The second kappa shape index (κ2) is 3.07. The van der Waals surface area contributed by atoms with Gasteiger partial charge in [0.2, 0.25) is 0 Å². The summed E-state index contributed by atoms with van der Waals surface area (Å²) in [6, 6.07) is 0.